The van der Waals surface area contributed by atoms with Gasteiger partial charge in [-0.05, 0) is 28.2 Å². The highest BCUT2D eigenvalue weighted by molar-refractivity contribution is 6.06. The Hall–Kier alpha value is -2.91. The first-order chi connectivity index (χ1) is 13.8. The van der Waals surface area contributed by atoms with Crippen LogP contribution in [0.3, 0.4) is 0 Å². The Balaban J connectivity index is 1.67. The molecular weight excluding hydrogens is 358 g/mol. The third-order valence-corrected chi connectivity index (χ3v) is 5.70. The molecule has 29 heavy (non-hydrogen) atoms. The van der Waals surface area contributed by atoms with Gasteiger partial charge in [-0.25, -0.2) is 0 Å². The van der Waals surface area contributed by atoms with E-state index in [2.05, 4.69) is 32.9 Å². The number of carbonyl (C=O) groups excluding carboxylic acids is 1. The molecule has 0 bridgehead atoms. The average molecular weight is 386 g/mol. The summed E-state index contributed by atoms with van der Waals surface area (Å²) in [4.78, 5) is 15.1. The van der Waals surface area contributed by atoms with E-state index in [1.165, 1.54) is 5.56 Å². The van der Waals surface area contributed by atoms with Gasteiger partial charge in [0.1, 0.15) is 0 Å². The van der Waals surface area contributed by atoms with Crippen LogP contribution in [-0.2, 0) is 28.8 Å². The van der Waals surface area contributed by atoms with Crippen molar-refractivity contribution < 1.29 is 9.90 Å². The molecule has 3 nitrogen and oxygen atoms in total. The van der Waals surface area contributed by atoms with Crippen LogP contribution in [0.2, 0.25) is 0 Å². The molecule has 148 valence electrons. The topological polar surface area (TPSA) is 40.5 Å². The lowest BCUT2D eigenvalue weighted by Crippen LogP contribution is -2.41. The number of anilines is 1. The normalized spacial score (nSPS) is 18.8. The van der Waals surface area contributed by atoms with Crippen LogP contribution in [0, 0.1) is 0 Å². The first-order valence-corrected chi connectivity index (χ1v) is 10.1. The molecule has 0 radical (unpaired) electrons. The number of nitrogens with zero attached hydrogens (tertiary/aromatic N) is 1. The first kappa shape index (κ1) is 19.4. The van der Waals surface area contributed by atoms with Gasteiger partial charge in [-0.15, -0.1) is 0 Å². The van der Waals surface area contributed by atoms with Crippen LogP contribution in [0.15, 0.2) is 78.9 Å². The van der Waals surface area contributed by atoms with Gasteiger partial charge in [0, 0.05) is 12.0 Å². The number of benzene rings is 3. The molecule has 1 aliphatic heterocycles. The van der Waals surface area contributed by atoms with Crippen LogP contribution in [-0.4, -0.2) is 11.0 Å². The van der Waals surface area contributed by atoms with Crippen LogP contribution in [0.4, 0.5) is 5.69 Å². The Morgan fingerprint density at radius 3 is 2.10 bits per heavy atom. The molecule has 1 heterocycles. The van der Waals surface area contributed by atoms with E-state index in [1.54, 1.807) is 4.90 Å². The summed E-state index contributed by atoms with van der Waals surface area (Å²) in [6.45, 7) is 6.97. The van der Waals surface area contributed by atoms with E-state index >= 15 is 0 Å². The summed E-state index contributed by atoms with van der Waals surface area (Å²) in [5, 5.41) is 11.6. The number of rotatable bonds is 4. The van der Waals surface area contributed by atoms with Crippen molar-refractivity contribution in [1.29, 1.82) is 0 Å². The summed E-state index contributed by atoms with van der Waals surface area (Å²) in [6.07, 6.45) is 0.262. The van der Waals surface area contributed by atoms with Crippen LogP contribution in [0.25, 0.3) is 0 Å². The Morgan fingerprint density at radius 2 is 1.45 bits per heavy atom. The van der Waals surface area contributed by atoms with Gasteiger partial charge >= 0.3 is 0 Å². The van der Waals surface area contributed by atoms with Crippen LogP contribution < -0.4 is 4.90 Å². The van der Waals surface area contributed by atoms with Gasteiger partial charge in [-0.2, -0.15) is 0 Å². The fourth-order valence-corrected chi connectivity index (χ4v) is 4.02. The molecule has 0 fully saturated rings. The first-order valence-electron chi connectivity index (χ1n) is 10.1. The van der Waals surface area contributed by atoms with E-state index in [0.29, 0.717) is 12.1 Å². The monoisotopic (exact) mass is 385 g/mol. The summed E-state index contributed by atoms with van der Waals surface area (Å²) in [6, 6.07) is 25.7. The molecule has 3 heteroatoms. The molecule has 3 aromatic carbocycles. The maximum Gasteiger partial charge on any atom is 0.264 e. The van der Waals surface area contributed by atoms with E-state index in [9.17, 15) is 9.90 Å². The van der Waals surface area contributed by atoms with E-state index < -0.39 is 5.60 Å². The third-order valence-electron chi connectivity index (χ3n) is 5.70. The molecule has 0 spiro atoms. The largest absolute Gasteiger partial charge is 0.375 e. The zero-order valence-electron chi connectivity index (χ0n) is 17.2. The van der Waals surface area contributed by atoms with Crippen LogP contribution in [0.5, 0.6) is 0 Å². The second kappa shape index (κ2) is 7.16. The Bertz CT molecular complexity index is 1020. The number of carbonyl (C=O) groups is 1. The number of amides is 1. The van der Waals surface area contributed by atoms with Crippen molar-refractivity contribution in [3.8, 4) is 0 Å². The molecule has 0 aromatic heterocycles. The van der Waals surface area contributed by atoms with Crippen LogP contribution >= 0.6 is 0 Å². The van der Waals surface area contributed by atoms with Crippen molar-refractivity contribution in [2.24, 2.45) is 0 Å². The number of hydrogen-bond donors (Lipinski definition) is 1. The zero-order chi connectivity index (χ0) is 20.6. The van der Waals surface area contributed by atoms with E-state index in [0.717, 1.165) is 16.8 Å². The smallest absolute Gasteiger partial charge is 0.264 e. The van der Waals surface area contributed by atoms with E-state index in [1.807, 2.05) is 66.7 Å². The van der Waals surface area contributed by atoms with Crippen molar-refractivity contribution in [3.05, 3.63) is 101 Å². The Morgan fingerprint density at radius 1 is 0.828 bits per heavy atom. The Kier molecular flexibility index (Phi) is 4.79. The highest BCUT2D eigenvalue weighted by Gasteiger charge is 2.49. The predicted octanol–water partition coefficient (Wildman–Crippen LogP) is 4.96. The molecule has 4 rings (SSSR count). The highest BCUT2D eigenvalue weighted by atomic mass is 16.3. The van der Waals surface area contributed by atoms with Gasteiger partial charge < -0.3 is 10.0 Å². The minimum Gasteiger partial charge on any atom is -0.375 e. The molecule has 0 saturated carbocycles. The molecule has 0 saturated heterocycles. The van der Waals surface area contributed by atoms with Gasteiger partial charge in [-0.1, -0.05) is 93.6 Å². The maximum absolute atomic E-state index is 13.4. The fraction of sp³-hybridized carbons (Fsp3) is 0.269. The minimum atomic E-state index is -1.55. The summed E-state index contributed by atoms with van der Waals surface area (Å²) in [7, 11) is 0. The number of aliphatic hydroxyl groups is 1. The summed E-state index contributed by atoms with van der Waals surface area (Å²) < 4.78 is 0. The van der Waals surface area contributed by atoms with Gasteiger partial charge in [0.15, 0.2) is 5.60 Å². The molecule has 0 aliphatic carbocycles. The zero-order valence-corrected chi connectivity index (χ0v) is 17.2. The lowest BCUT2D eigenvalue weighted by molar-refractivity contribution is -0.136. The summed E-state index contributed by atoms with van der Waals surface area (Å²) in [5.74, 6) is -0.262. The molecule has 1 N–H and O–H groups in total. The fourth-order valence-electron chi connectivity index (χ4n) is 4.02. The SMILES string of the molecule is CC(C)(C)c1ccc(CC2(O)C(=O)N(Cc3ccccc3)c3ccccc32)cc1. The minimum absolute atomic E-state index is 0.0672. The lowest BCUT2D eigenvalue weighted by atomic mass is 9.84. The van der Waals surface area contributed by atoms with Crippen molar-refractivity contribution in [2.75, 3.05) is 4.90 Å². The lowest BCUT2D eigenvalue weighted by Gasteiger charge is -2.24. The molecule has 1 amide bonds. The number of fused-ring (bicyclic) bond motifs is 1. The van der Waals surface area contributed by atoms with Crippen molar-refractivity contribution in [2.45, 2.75) is 44.8 Å². The Labute approximate surface area is 172 Å². The van der Waals surface area contributed by atoms with Gasteiger partial charge in [0.25, 0.3) is 5.91 Å². The average Bonchev–Trinajstić information content (AvgIpc) is 2.91. The third kappa shape index (κ3) is 3.58. The number of para-hydroxylation sites is 1. The molecule has 1 aliphatic rings. The highest BCUT2D eigenvalue weighted by Crippen LogP contribution is 2.43. The molecular formula is C26H27NO2. The van der Waals surface area contributed by atoms with Crippen molar-refractivity contribution >= 4 is 11.6 Å². The van der Waals surface area contributed by atoms with E-state index in [4.69, 9.17) is 0 Å². The summed E-state index contributed by atoms with van der Waals surface area (Å²) >= 11 is 0. The quantitative estimate of drug-likeness (QED) is 0.689. The molecule has 1 atom stereocenters. The molecule has 1 unspecified atom stereocenters. The van der Waals surface area contributed by atoms with Crippen LogP contribution in [0.1, 0.15) is 43.0 Å². The number of hydrogen-bond acceptors (Lipinski definition) is 2. The van der Waals surface area contributed by atoms with E-state index in [-0.39, 0.29) is 17.7 Å². The second-order valence-corrected chi connectivity index (χ2v) is 8.88. The van der Waals surface area contributed by atoms with Gasteiger partial charge in [-0.3, -0.25) is 4.79 Å². The summed E-state index contributed by atoms with van der Waals surface area (Å²) in [5.41, 5.74) is 3.21. The molecule has 3 aromatic rings. The van der Waals surface area contributed by atoms with Gasteiger partial charge in [0.2, 0.25) is 0 Å². The second-order valence-electron chi connectivity index (χ2n) is 8.88. The standard InChI is InChI=1S/C26H27NO2/c1-25(2,3)21-15-13-19(14-16-21)17-26(29)22-11-7-8-12-23(22)27(24(26)28)18-20-9-5-4-6-10-20/h4-16,29H,17-18H2,1-3H3. The van der Waals surface area contributed by atoms with Crippen molar-refractivity contribution in [1.82, 2.24) is 0 Å². The van der Waals surface area contributed by atoms with Gasteiger partial charge in [0.05, 0.1) is 12.2 Å². The maximum atomic E-state index is 13.4. The predicted molar refractivity (Wildman–Crippen MR) is 117 cm³/mol. The van der Waals surface area contributed by atoms with Crippen molar-refractivity contribution in [3.63, 3.8) is 0 Å².